The molecule has 21 heavy (non-hydrogen) atoms. The number of hydrogen-bond donors (Lipinski definition) is 1. The Kier molecular flexibility index (Phi) is 3.77. The Morgan fingerprint density at radius 3 is 2.38 bits per heavy atom. The van der Waals surface area contributed by atoms with E-state index in [2.05, 4.69) is 68.0 Å². The molecular weight excluding hydrogens is 276 g/mol. The molecule has 0 aliphatic heterocycles. The van der Waals surface area contributed by atoms with Gasteiger partial charge in [0.1, 0.15) is 0 Å². The van der Waals surface area contributed by atoms with Crippen LogP contribution in [-0.2, 0) is 5.75 Å². The highest BCUT2D eigenvalue weighted by atomic mass is 32.2. The van der Waals surface area contributed by atoms with Crippen LogP contribution >= 0.6 is 11.8 Å². The summed E-state index contributed by atoms with van der Waals surface area (Å²) in [5.74, 6) is 0.955. The second-order valence-corrected chi connectivity index (χ2v) is 6.69. The fourth-order valence-electron chi connectivity index (χ4n) is 2.75. The number of rotatable bonds is 3. The lowest BCUT2D eigenvalue weighted by atomic mass is 10.0. The number of thioether (sulfide) groups is 1. The molecule has 2 nitrogen and oxygen atoms in total. The monoisotopic (exact) mass is 296 g/mol. The Hall–Kier alpha value is -1.74. The van der Waals surface area contributed by atoms with Gasteiger partial charge >= 0.3 is 0 Å². The summed E-state index contributed by atoms with van der Waals surface area (Å²) in [7, 11) is 0. The van der Waals surface area contributed by atoms with Crippen molar-refractivity contribution in [2.24, 2.45) is 0 Å². The van der Waals surface area contributed by atoms with Gasteiger partial charge in [0.2, 0.25) is 0 Å². The largest absolute Gasteiger partial charge is 0.333 e. The highest BCUT2D eigenvalue weighted by Crippen LogP contribution is 2.27. The van der Waals surface area contributed by atoms with Crippen LogP contribution in [0.25, 0.3) is 11.0 Å². The number of aromatic amines is 1. The highest BCUT2D eigenvalue weighted by molar-refractivity contribution is 7.98. The molecule has 0 aliphatic carbocycles. The van der Waals surface area contributed by atoms with Crippen LogP contribution in [0.4, 0.5) is 0 Å². The van der Waals surface area contributed by atoms with Crippen LogP contribution in [-0.4, -0.2) is 9.97 Å². The summed E-state index contributed by atoms with van der Waals surface area (Å²) in [5.41, 5.74) is 8.90. The average Bonchev–Trinajstić information content (AvgIpc) is 2.79. The number of aryl methyl sites for hydroxylation is 4. The molecule has 1 N–H and O–H groups in total. The van der Waals surface area contributed by atoms with Crippen LogP contribution < -0.4 is 0 Å². The van der Waals surface area contributed by atoms with Crippen molar-refractivity contribution in [3.63, 3.8) is 0 Å². The molecule has 0 amide bonds. The Morgan fingerprint density at radius 2 is 1.67 bits per heavy atom. The maximum atomic E-state index is 4.65. The minimum atomic E-state index is 0.955. The van der Waals surface area contributed by atoms with Gasteiger partial charge in [-0.1, -0.05) is 35.5 Å². The first-order valence-corrected chi connectivity index (χ1v) is 8.17. The molecule has 3 rings (SSSR count). The van der Waals surface area contributed by atoms with Crippen molar-refractivity contribution < 1.29 is 0 Å². The molecule has 0 saturated heterocycles. The lowest BCUT2D eigenvalue weighted by Crippen LogP contribution is -1.93. The van der Waals surface area contributed by atoms with Crippen molar-refractivity contribution >= 4 is 22.8 Å². The average molecular weight is 296 g/mol. The van der Waals surface area contributed by atoms with E-state index < -0.39 is 0 Å². The molecule has 0 radical (unpaired) electrons. The maximum absolute atomic E-state index is 4.65. The first kappa shape index (κ1) is 14.2. The van der Waals surface area contributed by atoms with Crippen molar-refractivity contribution in [2.75, 3.05) is 0 Å². The van der Waals surface area contributed by atoms with E-state index >= 15 is 0 Å². The quantitative estimate of drug-likeness (QED) is 0.682. The zero-order chi connectivity index (χ0) is 15.0. The van der Waals surface area contributed by atoms with Crippen LogP contribution in [0.1, 0.15) is 27.8 Å². The maximum Gasteiger partial charge on any atom is 0.166 e. The number of aromatic nitrogens is 2. The summed E-state index contributed by atoms with van der Waals surface area (Å²) < 4.78 is 0. The molecule has 3 heteroatoms. The normalized spacial score (nSPS) is 11.2. The van der Waals surface area contributed by atoms with Crippen molar-refractivity contribution in [3.8, 4) is 0 Å². The summed E-state index contributed by atoms with van der Waals surface area (Å²) in [5, 5.41) is 0.995. The number of hydrogen-bond acceptors (Lipinski definition) is 2. The topological polar surface area (TPSA) is 28.7 Å². The standard InChI is InChI=1S/C18H20N2S/c1-11-5-6-16-17(9-11)20-18(19-16)21-10-15-13(3)7-12(2)8-14(15)4/h5-9H,10H2,1-4H3,(H,19,20). The van der Waals surface area contributed by atoms with Crippen molar-refractivity contribution in [1.82, 2.24) is 9.97 Å². The molecule has 0 spiro atoms. The number of nitrogens with one attached hydrogen (secondary N) is 1. The summed E-state index contributed by atoms with van der Waals surface area (Å²) in [6.07, 6.45) is 0. The zero-order valence-corrected chi connectivity index (χ0v) is 13.8. The second-order valence-electron chi connectivity index (χ2n) is 5.73. The predicted octanol–water partition coefficient (Wildman–Crippen LogP) is 5.09. The molecule has 0 unspecified atom stereocenters. The number of imidazole rings is 1. The third-order valence-electron chi connectivity index (χ3n) is 3.81. The molecule has 108 valence electrons. The summed E-state index contributed by atoms with van der Waals surface area (Å²) in [4.78, 5) is 8.06. The van der Waals surface area contributed by atoms with Gasteiger partial charge in [0.05, 0.1) is 11.0 Å². The lowest BCUT2D eigenvalue weighted by molar-refractivity contribution is 1.07. The number of H-pyrrole nitrogens is 1. The molecule has 3 aromatic rings. The summed E-state index contributed by atoms with van der Waals surface area (Å²) in [6.45, 7) is 8.64. The number of benzene rings is 2. The highest BCUT2D eigenvalue weighted by Gasteiger charge is 2.08. The number of nitrogens with zero attached hydrogens (tertiary/aromatic N) is 1. The molecule has 0 aliphatic rings. The lowest BCUT2D eigenvalue weighted by Gasteiger charge is -2.10. The van der Waals surface area contributed by atoms with Crippen molar-refractivity contribution in [1.29, 1.82) is 0 Å². The van der Waals surface area contributed by atoms with E-state index in [1.165, 1.54) is 27.8 Å². The Morgan fingerprint density at radius 1 is 0.952 bits per heavy atom. The van der Waals surface area contributed by atoms with Gasteiger partial charge in [-0.2, -0.15) is 0 Å². The molecule has 0 saturated carbocycles. The number of fused-ring (bicyclic) bond motifs is 1. The van der Waals surface area contributed by atoms with E-state index in [0.29, 0.717) is 0 Å². The van der Waals surface area contributed by atoms with E-state index in [1.54, 1.807) is 11.8 Å². The van der Waals surface area contributed by atoms with Gasteiger partial charge in [0, 0.05) is 5.75 Å². The molecule has 0 bridgehead atoms. The third kappa shape index (κ3) is 2.98. The molecule has 1 heterocycles. The van der Waals surface area contributed by atoms with Crippen LogP contribution in [0, 0.1) is 27.7 Å². The summed E-state index contributed by atoms with van der Waals surface area (Å²) in [6, 6.07) is 10.8. The molecule has 1 aromatic heterocycles. The van der Waals surface area contributed by atoms with E-state index in [9.17, 15) is 0 Å². The van der Waals surface area contributed by atoms with Gasteiger partial charge in [0.15, 0.2) is 5.16 Å². The van der Waals surface area contributed by atoms with Gasteiger partial charge in [-0.15, -0.1) is 0 Å². The van der Waals surface area contributed by atoms with Gasteiger partial charge in [-0.05, 0) is 62.1 Å². The van der Waals surface area contributed by atoms with Crippen LogP contribution in [0.3, 0.4) is 0 Å². The van der Waals surface area contributed by atoms with Crippen LogP contribution in [0.15, 0.2) is 35.5 Å². The first-order valence-electron chi connectivity index (χ1n) is 7.19. The Bertz CT molecular complexity index is 779. The second kappa shape index (κ2) is 5.57. The molecular formula is C18H20N2S. The van der Waals surface area contributed by atoms with E-state index in [4.69, 9.17) is 0 Å². The minimum Gasteiger partial charge on any atom is -0.333 e. The van der Waals surface area contributed by atoms with Crippen molar-refractivity contribution in [3.05, 3.63) is 58.1 Å². The fourth-order valence-corrected chi connectivity index (χ4v) is 3.83. The molecule has 0 fully saturated rings. The molecule has 2 aromatic carbocycles. The van der Waals surface area contributed by atoms with Gasteiger partial charge in [0.25, 0.3) is 0 Å². The summed E-state index contributed by atoms with van der Waals surface area (Å²) >= 11 is 1.77. The van der Waals surface area contributed by atoms with Crippen LogP contribution in [0.5, 0.6) is 0 Å². The third-order valence-corrected chi connectivity index (χ3v) is 4.71. The first-order chi connectivity index (χ1) is 10.0. The smallest absolute Gasteiger partial charge is 0.166 e. The van der Waals surface area contributed by atoms with Gasteiger partial charge in [-0.3, -0.25) is 0 Å². The minimum absolute atomic E-state index is 0.955. The zero-order valence-electron chi connectivity index (χ0n) is 12.9. The van der Waals surface area contributed by atoms with Crippen LogP contribution in [0.2, 0.25) is 0 Å². The Balaban J connectivity index is 1.83. The van der Waals surface area contributed by atoms with E-state index in [-0.39, 0.29) is 0 Å². The predicted molar refractivity (Wildman–Crippen MR) is 91.0 cm³/mol. The molecule has 0 atom stereocenters. The SMILES string of the molecule is Cc1cc(C)c(CSc2nc3ccc(C)cc3[nH]2)c(C)c1. The van der Waals surface area contributed by atoms with Crippen molar-refractivity contribution in [2.45, 2.75) is 38.6 Å². The van der Waals surface area contributed by atoms with E-state index in [0.717, 1.165) is 21.9 Å². The van der Waals surface area contributed by atoms with Gasteiger partial charge < -0.3 is 4.98 Å². The van der Waals surface area contributed by atoms with E-state index in [1.807, 2.05) is 0 Å². The van der Waals surface area contributed by atoms with Gasteiger partial charge in [-0.25, -0.2) is 4.98 Å². The Labute approximate surface area is 130 Å². The fraction of sp³-hybridized carbons (Fsp3) is 0.278.